The van der Waals surface area contributed by atoms with Crippen molar-refractivity contribution in [3.63, 3.8) is 0 Å². The summed E-state index contributed by atoms with van der Waals surface area (Å²) < 4.78 is 6.59. The monoisotopic (exact) mass is 258 g/mol. The van der Waals surface area contributed by atoms with E-state index in [9.17, 15) is 4.79 Å². The van der Waals surface area contributed by atoms with E-state index in [2.05, 4.69) is 15.5 Å². The molecule has 1 aromatic heterocycles. The maximum absolute atomic E-state index is 10.6. The number of hydrogen-bond donors (Lipinski definition) is 1. The molecule has 1 aliphatic heterocycles. The molecule has 94 valence electrons. The fraction of sp³-hybridized carbons (Fsp3) is 0.778. The third-order valence-corrected chi connectivity index (χ3v) is 3.76. The normalized spacial score (nSPS) is 17.2. The number of aromatic nitrogens is 4. The summed E-state index contributed by atoms with van der Waals surface area (Å²) in [4.78, 5) is 10.6. The van der Waals surface area contributed by atoms with E-state index in [0.29, 0.717) is 11.1 Å². The second-order valence-corrected chi connectivity index (χ2v) is 4.87. The van der Waals surface area contributed by atoms with Crippen molar-refractivity contribution < 1.29 is 14.6 Å². The van der Waals surface area contributed by atoms with E-state index in [1.807, 2.05) is 0 Å². The lowest BCUT2D eigenvalue weighted by Gasteiger charge is -2.20. The highest BCUT2D eigenvalue weighted by Gasteiger charge is 2.16. The lowest BCUT2D eigenvalue weighted by Crippen LogP contribution is -2.18. The van der Waals surface area contributed by atoms with E-state index in [1.165, 1.54) is 16.4 Å². The van der Waals surface area contributed by atoms with Gasteiger partial charge < -0.3 is 9.84 Å². The summed E-state index contributed by atoms with van der Waals surface area (Å²) in [6, 6.07) is 0. The van der Waals surface area contributed by atoms with E-state index in [-0.39, 0.29) is 6.54 Å². The van der Waals surface area contributed by atoms with Crippen molar-refractivity contribution in [2.75, 3.05) is 19.0 Å². The summed E-state index contributed by atoms with van der Waals surface area (Å²) in [5, 5.41) is 20.2. The number of tetrazole rings is 1. The van der Waals surface area contributed by atoms with Crippen LogP contribution in [0.3, 0.4) is 0 Å². The van der Waals surface area contributed by atoms with Gasteiger partial charge in [-0.1, -0.05) is 11.8 Å². The molecular weight excluding hydrogens is 244 g/mol. The zero-order chi connectivity index (χ0) is 12.1. The van der Waals surface area contributed by atoms with Crippen LogP contribution >= 0.6 is 11.8 Å². The van der Waals surface area contributed by atoms with E-state index < -0.39 is 5.97 Å². The average Bonchev–Trinajstić information content (AvgIpc) is 2.74. The van der Waals surface area contributed by atoms with Crippen molar-refractivity contribution in [1.82, 2.24) is 20.2 Å². The van der Waals surface area contributed by atoms with Gasteiger partial charge in [-0.15, -0.1) is 5.10 Å². The van der Waals surface area contributed by atoms with Crippen LogP contribution in [0, 0.1) is 5.92 Å². The van der Waals surface area contributed by atoms with E-state index >= 15 is 0 Å². The predicted molar refractivity (Wildman–Crippen MR) is 59.7 cm³/mol. The number of hydrogen-bond acceptors (Lipinski definition) is 6. The van der Waals surface area contributed by atoms with Gasteiger partial charge in [0.1, 0.15) is 6.54 Å². The molecule has 0 saturated carbocycles. The van der Waals surface area contributed by atoms with Crippen LogP contribution in [0.25, 0.3) is 0 Å². The van der Waals surface area contributed by atoms with E-state index in [1.54, 1.807) is 0 Å². The summed E-state index contributed by atoms with van der Waals surface area (Å²) in [6.45, 7) is 1.43. The molecule has 0 radical (unpaired) electrons. The van der Waals surface area contributed by atoms with Crippen molar-refractivity contribution in [2.24, 2.45) is 5.92 Å². The molecule has 0 bridgehead atoms. The van der Waals surface area contributed by atoms with Crippen LogP contribution < -0.4 is 0 Å². The lowest BCUT2D eigenvalue weighted by atomic mass is 10.0. The van der Waals surface area contributed by atoms with Crippen LogP contribution in [0.15, 0.2) is 5.16 Å². The first kappa shape index (κ1) is 12.3. The molecule has 2 rings (SSSR count). The maximum atomic E-state index is 10.6. The number of carbonyl (C=O) groups is 1. The van der Waals surface area contributed by atoms with E-state index in [0.717, 1.165) is 31.8 Å². The molecule has 0 amide bonds. The summed E-state index contributed by atoms with van der Waals surface area (Å²) in [7, 11) is 0. The van der Waals surface area contributed by atoms with Gasteiger partial charge in [0, 0.05) is 19.0 Å². The number of aliphatic carboxylic acids is 1. The molecule has 0 unspecified atom stereocenters. The van der Waals surface area contributed by atoms with Gasteiger partial charge >= 0.3 is 5.97 Å². The van der Waals surface area contributed by atoms with Crippen LogP contribution in [0.1, 0.15) is 12.8 Å². The molecular formula is C9H14N4O3S. The van der Waals surface area contributed by atoms with Crippen molar-refractivity contribution in [1.29, 1.82) is 0 Å². The summed E-state index contributed by atoms with van der Waals surface area (Å²) in [5.74, 6) is 0.567. The topological polar surface area (TPSA) is 90.1 Å². The Hall–Kier alpha value is -1.15. The van der Waals surface area contributed by atoms with Gasteiger partial charge in [-0.2, -0.15) is 0 Å². The first-order valence-corrected chi connectivity index (χ1v) is 6.43. The molecule has 0 atom stereocenters. The fourth-order valence-electron chi connectivity index (χ4n) is 1.63. The Morgan fingerprint density at radius 1 is 1.53 bits per heavy atom. The molecule has 8 heteroatoms. The van der Waals surface area contributed by atoms with Crippen LogP contribution in [-0.2, 0) is 16.1 Å². The Labute approximate surface area is 103 Å². The fourth-order valence-corrected chi connectivity index (χ4v) is 2.70. The molecule has 1 aromatic rings. The Balaban J connectivity index is 1.85. The first-order chi connectivity index (χ1) is 8.25. The third kappa shape index (κ3) is 3.67. The van der Waals surface area contributed by atoms with Crippen LogP contribution in [0.5, 0.6) is 0 Å². The lowest BCUT2D eigenvalue weighted by molar-refractivity contribution is -0.138. The van der Waals surface area contributed by atoms with Gasteiger partial charge in [0.25, 0.3) is 0 Å². The van der Waals surface area contributed by atoms with Crippen molar-refractivity contribution in [3.05, 3.63) is 0 Å². The Morgan fingerprint density at radius 2 is 2.29 bits per heavy atom. The average molecular weight is 258 g/mol. The Morgan fingerprint density at radius 3 is 3.00 bits per heavy atom. The quantitative estimate of drug-likeness (QED) is 0.758. The zero-order valence-corrected chi connectivity index (χ0v) is 10.1. The molecule has 1 saturated heterocycles. The Kier molecular flexibility index (Phi) is 4.32. The van der Waals surface area contributed by atoms with Crippen LogP contribution in [0.4, 0.5) is 0 Å². The summed E-state index contributed by atoms with van der Waals surface area (Å²) in [5.41, 5.74) is 0. The molecule has 2 heterocycles. The Bertz CT molecular complexity index is 378. The third-order valence-electron chi connectivity index (χ3n) is 2.57. The molecule has 1 fully saturated rings. The minimum absolute atomic E-state index is 0.191. The smallest absolute Gasteiger partial charge is 0.325 e. The highest BCUT2D eigenvalue weighted by molar-refractivity contribution is 7.99. The maximum Gasteiger partial charge on any atom is 0.325 e. The largest absolute Gasteiger partial charge is 0.480 e. The minimum atomic E-state index is -0.940. The summed E-state index contributed by atoms with van der Waals surface area (Å²) >= 11 is 1.51. The van der Waals surface area contributed by atoms with E-state index in [4.69, 9.17) is 9.84 Å². The molecule has 0 aliphatic carbocycles. The highest BCUT2D eigenvalue weighted by atomic mass is 32.2. The number of thioether (sulfide) groups is 1. The van der Waals surface area contributed by atoms with Gasteiger partial charge in [0.15, 0.2) is 0 Å². The number of ether oxygens (including phenoxy) is 1. The second kappa shape index (κ2) is 5.97. The predicted octanol–water partition coefficient (Wildman–Crippen LogP) is 0.276. The number of carboxylic acid groups (broad SMARTS) is 1. The van der Waals surface area contributed by atoms with Crippen molar-refractivity contribution >= 4 is 17.7 Å². The molecule has 0 aromatic carbocycles. The highest BCUT2D eigenvalue weighted by Crippen LogP contribution is 2.23. The van der Waals surface area contributed by atoms with Crippen molar-refractivity contribution in [3.8, 4) is 0 Å². The second-order valence-electron chi connectivity index (χ2n) is 3.88. The summed E-state index contributed by atoms with van der Waals surface area (Å²) in [6.07, 6.45) is 2.10. The SMILES string of the molecule is O=C(O)Cn1nnnc1SCC1CCOCC1. The number of carboxylic acids is 1. The standard InChI is InChI=1S/C9H14N4O3S/c14-8(15)5-13-9(10-11-12-13)17-6-7-1-3-16-4-2-7/h7H,1-6H2,(H,14,15). The minimum Gasteiger partial charge on any atom is -0.480 e. The van der Waals surface area contributed by atoms with Gasteiger partial charge in [-0.3, -0.25) is 4.79 Å². The molecule has 1 aliphatic rings. The van der Waals surface area contributed by atoms with Gasteiger partial charge in [-0.25, -0.2) is 4.68 Å². The molecule has 7 nitrogen and oxygen atoms in total. The molecule has 17 heavy (non-hydrogen) atoms. The van der Waals surface area contributed by atoms with Crippen LogP contribution in [0.2, 0.25) is 0 Å². The van der Waals surface area contributed by atoms with Gasteiger partial charge in [0.05, 0.1) is 0 Å². The molecule has 1 N–H and O–H groups in total. The first-order valence-electron chi connectivity index (χ1n) is 5.44. The molecule has 0 spiro atoms. The van der Waals surface area contributed by atoms with Gasteiger partial charge in [-0.05, 0) is 29.2 Å². The number of rotatable bonds is 5. The zero-order valence-electron chi connectivity index (χ0n) is 9.28. The van der Waals surface area contributed by atoms with Crippen LogP contribution in [-0.4, -0.2) is 50.2 Å². The number of nitrogens with zero attached hydrogens (tertiary/aromatic N) is 4. The van der Waals surface area contributed by atoms with Crippen molar-refractivity contribution in [2.45, 2.75) is 24.5 Å². The van der Waals surface area contributed by atoms with Gasteiger partial charge in [0.2, 0.25) is 5.16 Å².